The van der Waals surface area contributed by atoms with Gasteiger partial charge in [0, 0.05) is 19.0 Å². The van der Waals surface area contributed by atoms with Crippen molar-refractivity contribution in [2.75, 3.05) is 18.4 Å². The summed E-state index contributed by atoms with van der Waals surface area (Å²) in [6, 6.07) is 6.21. The Bertz CT molecular complexity index is 466. The predicted octanol–water partition coefficient (Wildman–Crippen LogP) is 1.88. The Kier molecular flexibility index (Phi) is 5.12. The van der Waals surface area contributed by atoms with E-state index in [1.165, 1.54) is 12.1 Å². The lowest BCUT2D eigenvalue weighted by Crippen LogP contribution is -2.31. The standard InChI is InChI=1S/C13H16FN3O/c1-9(2)13(18)17-7-6-16-12-5-3-4-11(14)10(12)8-15/h3-5,9,16H,6-7H2,1-2H3,(H,17,18). The predicted molar refractivity (Wildman–Crippen MR) is 67.5 cm³/mol. The number of rotatable bonds is 5. The second kappa shape index (κ2) is 6.60. The summed E-state index contributed by atoms with van der Waals surface area (Å²) in [5.41, 5.74) is 0.434. The van der Waals surface area contributed by atoms with Gasteiger partial charge < -0.3 is 10.6 Å². The number of benzene rings is 1. The number of nitrogens with zero attached hydrogens (tertiary/aromatic N) is 1. The fraction of sp³-hybridized carbons (Fsp3) is 0.385. The lowest BCUT2D eigenvalue weighted by molar-refractivity contribution is -0.123. The number of halogens is 1. The minimum Gasteiger partial charge on any atom is -0.382 e. The topological polar surface area (TPSA) is 64.9 Å². The van der Waals surface area contributed by atoms with Crippen molar-refractivity contribution in [3.05, 3.63) is 29.6 Å². The first-order valence-electron chi connectivity index (χ1n) is 5.76. The number of nitrogens with one attached hydrogen (secondary N) is 2. The number of carbonyl (C=O) groups excluding carboxylic acids is 1. The minimum absolute atomic E-state index is 0.00677. The molecule has 0 aliphatic carbocycles. The molecule has 0 radical (unpaired) electrons. The molecule has 1 amide bonds. The summed E-state index contributed by atoms with van der Waals surface area (Å²) in [5.74, 6) is -0.640. The van der Waals surface area contributed by atoms with E-state index in [1.54, 1.807) is 12.1 Å². The summed E-state index contributed by atoms with van der Waals surface area (Å²) in [6.07, 6.45) is 0. The van der Waals surface area contributed by atoms with E-state index >= 15 is 0 Å². The molecule has 0 bridgehead atoms. The van der Waals surface area contributed by atoms with Crippen LogP contribution in [0.25, 0.3) is 0 Å². The van der Waals surface area contributed by atoms with Crippen molar-refractivity contribution in [1.29, 1.82) is 5.26 Å². The zero-order valence-electron chi connectivity index (χ0n) is 10.5. The molecule has 0 atom stereocenters. The molecule has 5 heteroatoms. The molecule has 0 fully saturated rings. The number of hydrogen-bond donors (Lipinski definition) is 2. The lowest BCUT2D eigenvalue weighted by Gasteiger charge is -2.10. The molecule has 0 saturated carbocycles. The maximum absolute atomic E-state index is 13.3. The van der Waals surface area contributed by atoms with Crippen molar-refractivity contribution in [1.82, 2.24) is 5.32 Å². The molecule has 0 saturated heterocycles. The van der Waals surface area contributed by atoms with Crippen molar-refractivity contribution in [3.8, 4) is 6.07 Å². The zero-order chi connectivity index (χ0) is 13.5. The van der Waals surface area contributed by atoms with E-state index < -0.39 is 5.82 Å². The van der Waals surface area contributed by atoms with Crippen LogP contribution in [-0.2, 0) is 4.79 Å². The third-order valence-electron chi connectivity index (χ3n) is 2.39. The molecule has 1 rings (SSSR count). The summed E-state index contributed by atoms with van der Waals surface area (Å²) in [7, 11) is 0. The SMILES string of the molecule is CC(C)C(=O)NCCNc1cccc(F)c1C#N. The van der Waals surface area contributed by atoms with Crippen LogP contribution in [-0.4, -0.2) is 19.0 Å². The number of amides is 1. The molecule has 4 nitrogen and oxygen atoms in total. The monoisotopic (exact) mass is 249 g/mol. The van der Waals surface area contributed by atoms with Crippen LogP contribution in [0.1, 0.15) is 19.4 Å². The largest absolute Gasteiger partial charge is 0.382 e. The maximum Gasteiger partial charge on any atom is 0.222 e. The van der Waals surface area contributed by atoms with Crippen LogP contribution in [0.2, 0.25) is 0 Å². The van der Waals surface area contributed by atoms with Crippen molar-refractivity contribution >= 4 is 11.6 Å². The molecule has 1 aromatic rings. The summed E-state index contributed by atoms with van der Waals surface area (Å²) >= 11 is 0. The summed E-state index contributed by atoms with van der Waals surface area (Å²) in [5, 5.41) is 14.5. The first-order valence-corrected chi connectivity index (χ1v) is 5.76. The summed E-state index contributed by atoms with van der Waals surface area (Å²) in [6.45, 7) is 4.49. The van der Waals surface area contributed by atoms with Crippen LogP contribution in [0.15, 0.2) is 18.2 Å². The Hall–Kier alpha value is -2.09. The molecule has 96 valence electrons. The van der Waals surface area contributed by atoms with Gasteiger partial charge in [0.2, 0.25) is 5.91 Å². The first-order chi connectivity index (χ1) is 8.56. The van der Waals surface area contributed by atoms with E-state index in [0.717, 1.165) is 0 Å². The van der Waals surface area contributed by atoms with Crippen molar-refractivity contribution in [2.24, 2.45) is 5.92 Å². The van der Waals surface area contributed by atoms with Crippen LogP contribution in [0, 0.1) is 23.1 Å². The third kappa shape index (κ3) is 3.74. The molecule has 0 unspecified atom stereocenters. The number of nitriles is 1. The maximum atomic E-state index is 13.3. The molecular weight excluding hydrogens is 233 g/mol. The Balaban J connectivity index is 2.48. The van der Waals surface area contributed by atoms with Gasteiger partial charge in [0.1, 0.15) is 17.4 Å². The average Bonchev–Trinajstić information content (AvgIpc) is 2.34. The molecule has 18 heavy (non-hydrogen) atoms. The van der Waals surface area contributed by atoms with E-state index in [2.05, 4.69) is 10.6 Å². The molecular formula is C13H16FN3O. The van der Waals surface area contributed by atoms with Gasteiger partial charge in [-0.05, 0) is 12.1 Å². The van der Waals surface area contributed by atoms with Gasteiger partial charge in [0.15, 0.2) is 0 Å². The second-order valence-electron chi connectivity index (χ2n) is 4.15. The van der Waals surface area contributed by atoms with Crippen LogP contribution in [0.5, 0.6) is 0 Å². The van der Waals surface area contributed by atoms with Gasteiger partial charge in [-0.2, -0.15) is 5.26 Å². The van der Waals surface area contributed by atoms with Crippen LogP contribution in [0.4, 0.5) is 10.1 Å². The van der Waals surface area contributed by atoms with Gasteiger partial charge >= 0.3 is 0 Å². The quantitative estimate of drug-likeness (QED) is 0.783. The summed E-state index contributed by atoms with van der Waals surface area (Å²) in [4.78, 5) is 11.3. The van der Waals surface area contributed by atoms with E-state index in [4.69, 9.17) is 5.26 Å². The van der Waals surface area contributed by atoms with E-state index in [9.17, 15) is 9.18 Å². The molecule has 0 aliphatic rings. The molecule has 2 N–H and O–H groups in total. The molecule has 0 heterocycles. The normalized spacial score (nSPS) is 9.94. The Morgan fingerprint density at radius 2 is 2.17 bits per heavy atom. The Morgan fingerprint density at radius 1 is 1.44 bits per heavy atom. The first kappa shape index (κ1) is 14.0. The number of anilines is 1. The number of carbonyl (C=O) groups is 1. The Morgan fingerprint density at radius 3 is 2.78 bits per heavy atom. The van der Waals surface area contributed by atoms with Gasteiger partial charge in [-0.3, -0.25) is 4.79 Å². The van der Waals surface area contributed by atoms with Gasteiger partial charge in [0.25, 0.3) is 0 Å². The van der Waals surface area contributed by atoms with Gasteiger partial charge in [-0.15, -0.1) is 0 Å². The molecule has 1 aromatic carbocycles. The smallest absolute Gasteiger partial charge is 0.222 e. The van der Waals surface area contributed by atoms with Crippen molar-refractivity contribution in [2.45, 2.75) is 13.8 Å². The van der Waals surface area contributed by atoms with E-state index in [1.807, 2.05) is 13.8 Å². The van der Waals surface area contributed by atoms with Gasteiger partial charge in [0.05, 0.1) is 5.69 Å². The van der Waals surface area contributed by atoms with Crippen molar-refractivity contribution < 1.29 is 9.18 Å². The van der Waals surface area contributed by atoms with Crippen molar-refractivity contribution in [3.63, 3.8) is 0 Å². The van der Waals surface area contributed by atoms with Gasteiger partial charge in [-0.1, -0.05) is 19.9 Å². The zero-order valence-corrected chi connectivity index (χ0v) is 10.5. The van der Waals surface area contributed by atoms with E-state index in [-0.39, 0.29) is 17.4 Å². The fourth-order valence-corrected chi connectivity index (χ4v) is 1.37. The van der Waals surface area contributed by atoms with Crippen LogP contribution >= 0.6 is 0 Å². The molecule has 0 spiro atoms. The van der Waals surface area contributed by atoms with Crippen LogP contribution < -0.4 is 10.6 Å². The van der Waals surface area contributed by atoms with E-state index in [0.29, 0.717) is 18.8 Å². The number of hydrogen-bond acceptors (Lipinski definition) is 3. The highest BCUT2D eigenvalue weighted by molar-refractivity contribution is 5.77. The highest BCUT2D eigenvalue weighted by Crippen LogP contribution is 2.17. The molecule has 0 aromatic heterocycles. The fourth-order valence-electron chi connectivity index (χ4n) is 1.37. The second-order valence-corrected chi connectivity index (χ2v) is 4.15. The molecule has 0 aliphatic heterocycles. The Labute approximate surface area is 106 Å². The average molecular weight is 249 g/mol. The third-order valence-corrected chi connectivity index (χ3v) is 2.39. The minimum atomic E-state index is -0.547. The highest BCUT2D eigenvalue weighted by Gasteiger charge is 2.08. The summed E-state index contributed by atoms with van der Waals surface area (Å²) < 4.78 is 13.3. The van der Waals surface area contributed by atoms with Crippen LogP contribution in [0.3, 0.4) is 0 Å². The highest BCUT2D eigenvalue weighted by atomic mass is 19.1. The van der Waals surface area contributed by atoms with Gasteiger partial charge in [-0.25, -0.2) is 4.39 Å². The lowest BCUT2D eigenvalue weighted by atomic mass is 10.2.